The van der Waals surface area contributed by atoms with Crippen LogP contribution >= 0.6 is 11.6 Å². The van der Waals surface area contributed by atoms with Crippen LogP contribution in [0.2, 0.25) is 5.22 Å². The lowest BCUT2D eigenvalue weighted by molar-refractivity contribution is -0.115. The Labute approximate surface area is 141 Å². The summed E-state index contributed by atoms with van der Waals surface area (Å²) in [5, 5.41) is 12.9. The fraction of sp³-hybridized carbons (Fsp3) is 0.200. The van der Waals surface area contributed by atoms with Gasteiger partial charge >= 0.3 is 0 Å². The standard InChI is InChI=1S/C15H13ClFN5O2/c1-8-11(14(16)24-22-8)7-13(23)19-15-18-12(20-21-15)6-9-3-2-4-10(17)5-9/h2-5H,6-7H2,1H3,(H2,18,19,20,21,23). The van der Waals surface area contributed by atoms with E-state index in [4.69, 9.17) is 16.1 Å². The number of anilines is 1. The van der Waals surface area contributed by atoms with Crippen molar-refractivity contribution < 1.29 is 13.7 Å². The van der Waals surface area contributed by atoms with Crippen molar-refractivity contribution >= 4 is 23.5 Å². The van der Waals surface area contributed by atoms with E-state index < -0.39 is 0 Å². The van der Waals surface area contributed by atoms with Gasteiger partial charge in [0.15, 0.2) is 0 Å². The molecule has 0 aliphatic heterocycles. The molecule has 9 heteroatoms. The summed E-state index contributed by atoms with van der Waals surface area (Å²) in [4.78, 5) is 16.2. The third-order valence-electron chi connectivity index (χ3n) is 3.32. The Morgan fingerprint density at radius 3 is 3.00 bits per heavy atom. The summed E-state index contributed by atoms with van der Waals surface area (Å²) < 4.78 is 18.0. The Hall–Kier alpha value is -2.74. The van der Waals surface area contributed by atoms with Crippen LogP contribution in [-0.4, -0.2) is 26.2 Å². The molecule has 2 heterocycles. The van der Waals surface area contributed by atoms with Gasteiger partial charge in [0.2, 0.25) is 17.1 Å². The van der Waals surface area contributed by atoms with Gasteiger partial charge in [0.25, 0.3) is 0 Å². The predicted molar refractivity (Wildman–Crippen MR) is 84.2 cm³/mol. The van der Waals surface area contributed by atoms with E-state index in [9.17, 15) is 9.18 Å². The van der Waals surface area contributed by atoms with Gasteiger partial charge in [-0.05, 0) is 36.2 Å². The Bertz CT molecular complexity index is 857. The zero-order valence-electron chi connectivity index (χ0n) is 12.6. The minimum Gasteiger partial charge on any atom is -0.344 e. The smallest absolute Gasteiger partial charge is 0.248 e. The molecule has 0 saturated heterocycles. The summed E-state index contributed by atoms with van der Waals surface area (Å²) in [5.74, 6) is -0.0206. The van der Waals surface area contributed by atoms with Crippen LogP contribution < -0.4 is 5.32 Å². The van der Waals surface area contributed by atoms with E-state index in [0.29, 0.717) is 23.5 Å². The zero-order valence-corrected chi connectivity index (χ0v) is 13.4. The molecule has 2 N–H and O–H groups in total. The molecule has 0 aliphatic rings. The fourth-order valence-corrected chi connectivity index (χ4v) is 2.40. The molecule has 3 rings (SSSR count). The number of aryl methyl sites for hydroxylation is 1. The highest BCUT2D eigenvalue weighted by Crippen LogP contribution is 2.19. The Morgan fingerprint density at radius 1 is 1.46 bits per heavy atom. The first-order chi connectivity index (χ1) is 11.5. The van der Waals surface area contributed by atoms with Gasteiger partial charge in [-0.25, -0.2) is 4.39 Å². The average Bonchev–Trinajstić information content (AvgIpc) is 3.08. The number of hydrogen-bond acceptors (Lipinski definition) is 5. The van der Waals surface area contributed by atoms with Crippen molar-refractivity contribution in [2.45, 2.75) is 19.8 Å². The number of rotatable bonds is 5. The lowest BCUT2D eigenvalue weighted by Gasteiger charge is -2.00. The van der Waals surface area contributed by atoms with E-state index in [0.717, 1.165) is 5.56 Å². The van der Waals surface area contributed by atoms with Gasteiger partial charge in [0.05, 0.1) is 12.1 Å². The molecular weight excluding hydrogens is 337 g/mol. The van der Waals surface area contributed by atoms with Crippen LogP contribution in [0.4, 0.5) is 10.3 Å². The maximum atomic E-state index is 13.2. The summed E-state index contributed by atoms with van der Waals surface area (Å²) in [6, 6.07) is 6.18. The lowest BCUT2D eigenvalue weighted by atomic mass is 10.1. The topological polar surface area (TPSA) is 96.7 Å². The zero-order chi connectivity index (χ0) is 17.1. The number of aromatic amines is 1. The van der Waals surface area contributed by atoms with E-state index in [1.54, 1.807) is 19.1 Å². The van der Waals surface area contributed by atoms with Gasteiger partial charge in [-0.1, -0.05) is 17.3 Å². The first-order valence-corrected chi connectivity index (χ1v) is 7.45. The lowest BCUT2D eigenvalue weighted by Crippen LogP contribution is -2.15. The Kier molecular flexibility index (Phi) is 4.57. The quantitative estimate of drug-likeness (QED) is 0.738. The second-order valence-corrected chi connectivity index (χ2v) is 5.50. The summed E-state index contributed by atoms with van der Waals surface area (Å²) >= 11 is 5.82. The molecule has 0 saturated carbocycles. The fourth-order valence-electron chi connectivity index (χ4n) is 2.16. The first kappa shape index (κ1) is 16.1. The number of halogens is 2. The minimum atomic E-state index is -0.348. The molecule has 3 aromatic rings. The predicted octanol–water partition coefficient (Wildman–Crippen LogP) is 2.67. The van der Waals surface area contributed by atoms with Gasteiger partial charge in [-0.2, -0.15) is 4.98 Å². The third kappa shape index (κ3) is 3.77. The van der Waals surface area contributed by atoms with Gasteiger partial charge < -0.3 is 4.52 Å². The second-order valence-electron chi connectivity index (χ2n) is 5.16. The van der Waals surface area contributed by atoms with Crippen molar-refractivity contribution in [3.05, 3.63) is 57.9 Å². The van der Waals surface area contributed by atoms with Crippen molar-refractivity contribution in [2.24, 2.45) is 0 Å². The summed E-state index contributed by atoms with van der Waals surface area (Å²) in [6.45, 7) is 1.70. The minimum absolute atomic E-state index is 0.00192. The van der Waals surface area contributed by atoms with Crippen molar-refractivity contribution in [2.75, 3.05) is 5.32 Å². The molecule has 1 aromatic carbocycles. The van der Waals surface area contributed by atoms with E-state index in [1.165, 1.54) is 12.1 Å². The van der Waals surface area contributed by atoms with E-state index in [-0.39, 0.29) is 29.3 Å². The van der Waals surface area contributed by atoms with Crippen molar-refractivity contribution in [3.8, 4) is 0 Å². The van der Waals surface area contributed by atoms with Crippen LogP contribution in [0.3, 0.4) is 0 Å². The highest BCUT2D eigenvalue weighted by atomic mass is 35.5. The molecule has 7 nitrogen and oxygen atoms in total. The normalized spacial score (nSPS) is 10.8. The van der Waals surface area contributed by atoms with Gasteiger partial charge in [0, 0.05) is 12.0 Å². The van der Waals surface area contributed by atoms with E-state index in [2.05, 4.69) is 25.7 Å². The monoisotopic (exact) mass is 349 g/mol. The number of H-pyrrole nitrogens is 1. The SMILES string of the molecule is Cc1noc(Cl)c1CC(=O)Nc1n[nH]c(Cc2cccc(F)c2)n1. The molecule has 0 aliphatic carbocycles. The van der Waals surface area contributed by atoms with Crippen LogP contribution in [-0.2, 0) is 17.6 Å². The summed E-state index contributed by atoms with van der Waals surface area (Å²) in [5.41, 5.74) is 1.82. The highest BCUT2D eigenvalue weighted by molar-refractivity contribution is 6.29. The Morgan fingerprint density at radius 2 is 2.29 bits per heavy atom. The molecule has 0 bridgehead atoms. The number of nitrogens with one attached hydrogen (secondary N) is 2. The molecule has 2 aromatic heterocycles. The largest absolute Gasteiger partial charge is 0.344 e. The van der Waals surface area contributed by atoms with Crippen LogP contribution in [0, 0.1) is 12.7 Å². The number of hydrogen-bond donors (Lipinski definition) is 2. The maximum Gasteiger partial charge on any atom is 0.248 e. The molecule has 0 spiro atoms. The van der Waals surface area contributed by atoms with Crippen LogP contribution in [0.15, 0.2) is 28.8 Å². The number of carbonyl (C=O) groups is 1. The van der Waals surface area contributed by atoms with Crippen LogP contribution in [0.25, 0.3) is 0 Å². The summed E-state index contributed by atoms with van der Waals surface area (Å²) in [7, 11) is 0. The number of benzene rings is 1. The number of aromatic nitrogens is 4. The van der Waals surface area contributed by atoms with Crippen molar-refractivity contribution in [1.82, 2.24) is 20.3 Å². The van der Waals surface area contributed by atoms with E-state index in [1.807, 2.05) is 0 Å². The average molecular weight is 350 g/mol. The molecule has 24 heavy (non-hydrogen) atoms. The second kappa shape index (κ2) is 6.79. The van der Waals surface area contributed by atoms with E-state index >= 15 is 0 Å². The molecule has 0 radical (unpaired) electrons. The number of amides is 1. The maximum absolute atomic E-state index is 13.2. The third-order valence-corrected chi connectivity index (χ3v) is 3.61. The Balaban J connectivity index is 1.62. The summed E-state index contributed by atoms with van der Waals surface area (Å²) in [6.07, 6.45) is 0.374. The molecule has 0 atom stereocenters. The van der Waals surface area contributed by atoms with Crippen LogP contribution in [0.1, 0.15) is 22.6 Å². The molecule has 0 unspecified atom stereocenters. The highest BCUT2D eigenvalue weighted by Gasteiger charge is 2.16. The number of carbonyl (C=O) groups excluding carboxylic acids is 1. The van der Waals surface area contributed by atoms with Crippen LogP contribution in [0.5, 0.6) is 0 Å². The van der Waals surface area contributed by atoms with Crippen molar-refractivity contribution in [1.29, 1.82) is 0 Å². The van der Waals surface area contributed by atoms with Gasteiger partial charge in [-0.3, -0.25) is 15.2 Å². The molecule has 124 valence electrons. The molecule has 1 amide bonds. The molecule has 0 fully saturated rings. The van der Waals surface area contributed by atoms with Gasteiger partial charge in [-0.15, -0.1) is 5.10 Å². The van der Waals surface area contributed by atoms with Crippen molar-refractivity contribution in [3.63, 3.8) is 0 Å². The van der Waals surface area contributed by atoms with Gasteiger partial charge in [0.1, 0.15) is 11.6 Å². The first-order valence-electron chi connectivity index (χ1n) is 7.07. The number of nitrogens with zero attached hydrogens (tertiary/aromatic N) is 3. The molecular formula is C15H13ClFN5O2.